The van der Waals surface area contributed by atoms with Crippen LogP contribution in [-0.4, -0.2) is 22.7 Å². The van der Waals surface area contributed by atoms with Crippen LogP contribution in [0.2, 0.25) is 0 Å². The molecule has 2 N–H and O–H groups in total. The molecule has 4 nitrogen and oxygen atoms in total. The van der Waals surface area contributed by atoms with Gasteiger partial charge in [0.25, 0.3) is 0 Å². The fourth-order valence-corrected chi connectivity index (χ4v) is 2.17. The Kier molecular flexibility index (Phi) is 5.42. The number of benzene rings is 1. The van der Waals surface area contributed by atoms with Crippen LogP contribution in [0.15, 0.2) is 36.4 Å². The zero-order valence-corrected chi connectivity index (χ0v) is 12.9. The Morgan fingerprint density at radius 1 is 1.29 bits per heavy atom. The van der Waals surface area contributed by atoms with E-state index in [2.05, 4.69) is 10.3 Å². The smallest absolute Gasteiger partial charge is 0.393 e. The maximum atomic E-state index is 13.3. The molecule has 0 fully saturated rings. The fraction of sp³-hybridized carbons (Fsp3) is 0.294. The summed E-state index contributed by atoms with van der Waals surface area (Å²) in [6, 6.07) is 10.9. The Bertz CT molecular complexity index is 737. The van der Waals surface area contributed by atoms with Crippen molar-refractivity contribution in [3.63, 3.8) is 0 Å². The lowest BCUT2D eigenvalue weighted by Crippen LogP contribution is -2.15. The molecule has 1 aromatic carbocycles. The highest BCUT2D eigenvalue weighted by molar-refractivity contribution is 5.68. The highest BCUT2D eigenvalue weighted by Crippen LogP contribution is 2.36. The quantitative estimate of drug-likeness (QED) is 0.871. The molecule has 1 atom stereocenters. The number of aliphatic hydroxyl groups excluding tert-OH is 1. The van der Waals surface area contributed by atoms with Gasteiger partial charge >= 0.3 is 6.18 Å². The number of hydrogen-bond donors (Lipinski definition) is 2. The van der Waals surface area contributed by atoms with Crippen molar-refractivity contribution in [3.8, 4) is 17.3 Å². The van der Waals surface area contributed by atoms with Crippen LogP contribution in [0.3, 0.4) is 0 Å². The Morgan fingerprint density at radius 2 is 1.96 bits per heavy atom. The molecular weight excluding hydrogens is 319 g/mol. The third kappa shape index (κ3) is 4.24. The molecule has 0 aliphatic heterocycles. The van der Waals surface area contributed by atoms with Crippen LogP contribution >= 0.6 is 0 Å². The lowest BCUT2D eigenvalue weighted by atomic mass is 10.0. The number of hydrogen-bond acceptors (Lipinski definition) is 4. The first-order chi connectivity index (χ1) is 11.3. The second kappa shape index (κ2) is 7.32. The maximum Gasteiger partial charge on any atom is 0.417 e. The number of nitriles is 1. The molecule has 0 bridgehead atoms. The second-order valence-corrected chi connectivity index (χ2v) is 5.32. The Balaban J connectivity index is 2.53. The van der Waals surface area contributed by atoms with E-state index in [9.17, 15) is 18.3 Å². The molecular formula is C17H16F3N3O. The summed E-state index contributed by atoms with van der Waals surface area (Å²) >= 11 is 0. The minimum Gasteiger partial charge on any atom is -0.393 e. The zero-order chi connectivity index (χ0) is 17.7. The average molecular weight is 335 g/mol. The van der Waals surface area contributed by atoms with Gasteiger partial charge in [-0.1, -0.05) is 30.3 Å². The van der Waals surface area contributed by atoms with Crippen molar-refractivity contribution in [3.05, 3.63) is 47.5 Å². The van der Waals surface area contributed by atoms with Crippen LogP contribution < -0.4 is 5.32 Å². The number of nitrogens with one attached hydrogen (secondary N) is 1. The molecule has 1 heterocycles. The summed E-state index contributed by atoms with van der Waals surface area (Å²) in [7, 11) is 0. The summed E-state index contributed by atoms with van der Waals surface area (Å²) in [5.41, 5.74) is -0.932. The van der Waals surface area contributed by atoms with Gasteiger partial charge in [-0.15, -0.1) is 0 Å². The van der Waals surface area contributed by atoms with Gasteiger partial charge in [-0.25, -0.2) is 4.98 Å². The van der Waals surface area contributed by atoms with Gasteiger partial charge < -0.3 is 10.4 Å². The van der Waals surface area contributed by atoms with Gasteiger partial charge in [0.2, 0.25) is 0 Å². The van der Waals surface area contributed by atoms with Gasteiger partial charge in [-0.3, -0.25) is 0 Å². The van der Waals surface area contributed by atoms with E-state index in [1.165, 1.54) is 0 Å². The molecule has 24 heavy (non-hydrogen) atoms. The van der Waals surface area contributed by atoms with Crippen LogP contribution in [0.4, 0.5) is 19.0 Å². The largest absolute Gasteiger partial charge is 0.417 e. The fourth-order valence-electron chi connectivity index (χ4n) is 2.17. The first-order valence-corrected chi connectivity index (χ1v) is 7.32. The van der Waals surface area contributed by atoms with Crippen molar-refractivity contribution < 1.29 is 18.3 Å². The van der Waals surface area contributed by atoms with Gasteiger partial charge in [-0.05, 0) is 19.4 Å². The van der Waals surface area contributed by atoms with Gasteiger partial charge in [0.1, 0.15) is 17.5 Å². The lowest BCUT2D eigenvalue weighted by Gasteiger charge is -2.16. The predicted molar refractivity (Wildman–Crippen MR) is 84.2 cm³/mol. The Morgan fingerprint density at radius 3 is 2.50 bits per heavy atom. The number of anilines is 1. The summed E-state index contributed by atoms with van der Waals surface area (Å²) in [6.45, 7) is 1.77. The summed E-state index contributed by atoms with van der Waals surface area (Å²) in [5, 5.41) is 21.1. The second-order valence-electron chi connectivity index (χ2n) is 5.32. The average Bonchev–Trinajstić information content (AvgIpc) is 2.53. The molecule has 1 unspecified atom stereocenters. The van der Waals surface area contributed by atoms with Crippen molar-refractivity contribution in [2.75, 3.05) is 11.9 Å². The van der Waals surface area contributed by atoms with E-state index in [1.807, 2.05) is 0 Å². The summed E-state index contributed by atoms with van der Waals surface area (Å²) in [6.07, 6.45) is -4.95. The van der Waals surface area contributed by atoms with Crippen molar-refractivity contribution in [2.45, 2.75) is 25.6 Å². The van der Waals surface area contributed by atoms with E-state index >= 15 is 0 Å². The third-order valence-corrected chi connectivity index (χ3v) is 3.36. The normalized spacial score (nSPS) is 12.5. The van der Waals surface area contributed by atoms with Crippen molar-refractivity contribution in [1.29, 1.82) is 5.26 Å². The first kappa shape index (κ1) is 17.8. The standard InChI is InChI=1S/C17H16F3N3O/c1-11(24)7-8-22-16-13(10-21)14(17(18,19)20)9-15(23-16)12-5-3-2-4-6-12/h2-6,9,11,24H,7-8H2,1H3,(H,22,23). The van der Waals surface area contributed by atoms with Crippen LogP contribution in [0.1, 0.15) is 24.5 Å². The van der Waals surface area contributed by atoms with E-state index in [-0.39, 0.29) is 18.1 Å². The number of aromatic nitrogens is 1. The minimum atomic E-state index is -4.67. The van der Waals surface area contributed by atoms with Crippen LogP contribution in [0, 0.1) is 11.3 Å². The lowest BCUT2D eigenvalue weighted by molar-refractivity contribution is -0.137. The SMILES string of the molecule is CC(O)CCNc1nc(-c2ccccc2)cc(C(F)(F)F)c1C#N. The highest BCUT2D eigenvalue weighted by atomic mass is 19.4. The molecule has 0 aliphatic carbocycles. The number of alkyl halides is 3. The molecule has 2 rings (SSSR count). The number of halogens is 3. The summed E-state index contributed by atoms with van der Waals surface area (Å²) in [4.78, 5) is 4.17. The van der Waals surface area contributed by atoms with Crippen LogP contribution in [-0.2, 0) is 6.18 Å². The third-order valence-electron chi connectivity index (χ3n) is 3.36. The zero-order valence-electron chi connectivity index (χ0n) is 12.9. The molecule has 0 spiro atoms. The van der Waals surface area contributed by atoms with Gasteiger partial charge in [0, 0.05) is 12.1 Å². The van der Waals surface area contributed by atoms with Gasteiger partial charge in [0.05, 0.1) is 17.4 Å². The Hall–Kier alpha value is -2.59. The molecule has 2 aromatic rings. The molecule has 0 saturated carbocycles. The highest BCUT2D eigenvalue weighted by Gasteiger charge is 2.36. The molecule has 126 valence electrons. The van der Waals surface area contributed by atoms with Crippen molar-refractivity contribution in [1.82, 2.24) is 4.98 Å². The molecule has 0 radical (unpaired) electrons. The molecule has 0 saturated heterocycles. The van der Waals surface area contributed by atoms with E-state index in [4.69, 9.17) is 5.26 Å². The number of aliphatic hydroxyl groups is 1. The minimum absolute atomic E-state index is 0.126. The van der Waals surface area contributed by atoms with Crippen molar-refractivity contribution in [2.24, 2.45) is 0 Å². The Labute approximate surface area is 137 Å². The van der Waals surface area contributed by atoms with E-state index in [0.717, 1.165) is 6.07 Å². The molecule has 0 amide bonds. The monoisotopic (exact) mass is 335 g/mol. The molecule has 7 heteroatoms. The number of rotatable bonds is 5. The predicted octanol–water partition coefficient (Wildman–Crippen LogP) is 3.82. The number of pyridine rings is 1. The van der Waals surface area contributed by atoms with Gasteiger partial charge in [-0.2, -0.15) is 18.4 Å². The first-order valence-electron chi connectivity index (χ1n) is 7.32. The van der Waals surface area contributed by atoms with Crippen LogP contribution in [0.25, 0.3) is 11.3 Å². The molecule has 0 aliphatic rings. The van der Waals surface area contributed by atoms with E-state index in [0.29, 0.717) is 12.0 Å². The summed E-state index contributed by atoms with van der Waals surface area (Å²) in [5.74, 6) is -0.133. The van der Waals surface area contributed by atoms with Crippen LogP contribution in [0.5, 0.6) is 0 Å². The maximum absolute atomic E-state index is 13.3. The van der Waals surface area contributed by atoms with Gasteiger partial charge in [0.15, 0.2) is 0 Å². The van der Waals surface area contributed by atoms with E-state index < -0.39 is 23.4 Å². The summed E-state index contributed by atoms with van der Waals surface area (Å²) < 4.78 is 39.9. The number of nitrogens with zero attached hydrogens (tertiary/aromatic N) is 2. The van der Waals surface area contributed by atoms with Crippen molar-refractivity contribution >= 4 is 5.82 Å². The van der Waals surface area contributed by atoms with E-state index in [1.54, 1.807) is 43.3 Å². The topological polar surface area (TPSA) is 68.9 Å². The molecule has 1 aromatic heterocycles.